The van der Waals surface area contributed by atoms with Crippen LogP contribution in [-0.2, 0) is 14.8 Å². The number of amides is 1. The third kappa shape index (κ3) is 4.41. The zero-order chi connectivity index (χ0) is 12.2. The van der Waals surface area contributed by atoms with Gasteiger partial charge in [0.15, 0.2) is 0 Å². The van der Waals surface area contributed by atoms with Crippen molar-refractivity contribution in [1.82, 2.24) is 10.0 Å². The van der Waals surface area contributed by atoms with Gasteiger partial charge in [-0.2, -0.15) is 4.72 Å². The van der Waals surface area contributed by atoms with Gasteiger partial charge in [0.1, 0.15) is 6.17 Å². The van der Waals surface area contributed by atoms with Crippen LogP contribution in [0.3, 0.4) is 0 Å². The maximum Gasteiger partial charge on any atom is 0.218 e. The third-order valence-electron chi connectivity index (χ3n) is 1.81. The van der Waals surface area contributed by atoms with Gasteiger partial charge in [0.2, 0.25) is 15.9 Å². The lowest BCUT2D eigenvalue weighted by Crippen LogP contribution is -2.39. The lowest BCUT2D eigenvalue weighted by atomic mass is 10.2. The van der Waals surface area contributed by atoms with Crippen LogP contribution in [0.2, 0.25) is 0 Å². The van der Waals surface area contributed by atoms with Crippen molar-refractivity contribution >= 4 is 15.9 Å². The molecule has 1 amide bonds. The second kappa shape index (κ2) is 5.09. The summed E-state index contributed by atoms with van der Waals surface area (Å²) in [7, 11) is -3.38. The summed E-state index contributed by atoms with van der Waals surface area (Å²) in [6, 6.07) is 8.83. The highest BCUT2D eigenvalue weighted by molar-refractivity contribution is 7.88. The number of sulfonamides is 1. The molecule has 0 aliphatic rings. The molecule has 5 nitrogen and oxygen atoms in total. The predicted octanol–water partition coefficient (Wildman–Crippen LogP) is 0.371. The number of carbonyl (C=O) groups excluding carboxylic acids is 1. The van der Waals surface area contributed by atoms with Gasteiger partial charge in [0.05, 0.1) is 6.26 Å². The molecule has 0 radical (unpaired) electrons. The Morgan fingerprint density at radius 1 is 1.25 bits per heavy atom. The van der Waals surface area contributed by atoms with Gasteiger partial charge in [0.25, 0.3) is 0 Å². The van der Waals surface area contributed by atoms with E-state index in [2.05, 4.69) is 10.0 Å². The molecule has 16 heavy (non-hydrogen) atoms. The highest BCUT2D eigenvalue weighted by atomic mass is 32.2. The minimum absolute atomic E-state index is 0.301. The molecule has 0 aliphatic carbocycles. The molecule has 1 atom stereocenters. The summed E-state index contributed by atoms with van der Waals surface area (Å²) in [4.78, 5) is 11.0. The normalized spacial score (nSPS) is 13.1. The fourth-order valence-corrected chi connectivity index (χ4v) is 1.87. The van der Waals surface area contributed by atoms with Crippen LogP contribution >= 0.6 is 0 Å². The number of nitrogens with one attached hydrogen (secondary N) is 2. The number of hydrogen-bond acceptors (Lipinski definition) is 3. The smallest absolute Gasteiger partial charge is 0.218 e. The van der Waals surface area contributed by atoms with Crippen LogP contribution < -0.4 is 10.0 Å². The van der Waals surface area contributed by atoms with Gasteiger partial charge in [-0.05, 0) is 5.56 Å². The summed E-state index contributed by atoms with van der Waals surface area (Å²) in [5.74, 6) is -0.301. The molecule has 88 valence electrons. The van der Waals surface area contributed by atoms with E-state index in [1.165, 1.54) is 6.92 Å². The average Bonchev–Trinajstić information content (AvgIpc) is 2.15. The minimum atomic E-state index is -3.38. The Morgan fingerprint density at radius 3 is 2.25 bits per heavy atom. The highest BCUT2D eigenvalue weighted by Gasteiger charge is 2.16. The van der Waals surface area contributed by atoms with Crippen molar-refractivity contribution in [3.63, 3.8) is 0 Å². The lowest BCUT2D eigenvalue weighted by molar-refractivity contribution is -0.119. The van der Waals surface area contributed by atoms with Gasteiger partial charge in [-0.1, -0.05) is 30.3 Å². The molecular formula is C10H14N2O3S. The summed E-state index contributed by atoms with van der Waals surface area (Å²) >= 11 is 0. The summed E-state index contributed by atoms with van der Waals surface area (Å²) in [5, 5.41) is 2.52. The SMILES string of the molecule is CC(=O)NC(NS(C)(=O)=O)c1ccccc1. The number of hydrogen-bond donors (Lipinski definition) is 2. The van der Waals surface area contributed by atoms with E-state index in [1.54, 1.807) is 24.3 Å². The van der Waals surface area contributed by atoms with Crippen molar-refractivity contribution < 1.29 is 13.2 Å². The van der Waals surface area contributed by atoms with E-state index in [-0.39, 0.29) is 5.91 Å². The largest absolute Gasteiger partial charge is 0.336 e. The first-order valence-corrected chi connectivity index (χ1v) is 6.57. The van der Waals surface area contributed by atoms with E-state index < -0.39 is 16.2 Å². The Morgan fingerprint density at radius 2 is 1.81 bits per heavy atom. The first-order valence-electron chi connectivity index (χ1n) is 4.68. The Kier molecular flexibility index (Phi) is 4.03. The summed E-state index contributed by atoms with van der Waals surface area (Å²) in [6.07, 6.45) is 0.318. The van der Waals surface area contributed by atoms with Gasteiger partial charge in [-0.25, -0.2) is 8.42 Å². The van der Waals surface area contributed by atoms with Gasteiger partial charge in [-0.3, -0.25) is 4.79 Å². The molecule has 0 aliphatic heterocycles. The minimum Gasteiger partial charge on any atom is -0.336 e. The zero-order valence-corrected chi connectivity index (χ0v) is 9.91. The Labute approximate surface area is 94.9 Å². The van der Waals surface area contributed by atoms with Crippen molar-refractivity contribution in [2.45, 2.75) is 13.1 Å². The number of benzene rings is 1. The van der Waals surface area contributed by atoms with Crippen LogP contribution in [-0.4, -0.2) is 20.6 Å². The van der Waals surface area contributed by atoms with Crippen molar-refractivity contribution in [3.8, 4) is 0 Å². The maximum atomic E-state index is 11.1. The number of rotatable bonds is 4. The molecule has 0 bridgehead atoms. The molecule has 1 aromatic carbocycles. The molecule has 1 unspecified atom stereocenters. The Hall–Kier alpha value is -1.40. The van der Waals surface area contributed by atoms with Crippen LogP contribution in [0.15, 0.2) is 30.3 Å². The van der Waals surface area contributed by atoms with Crippen LogP contribution in [0.25, 0.3) is 0 Å². The molecule has 0 heterocycles. The van der Waals surface area contributed by atoms with Gasteiger partial charge in [0, 0.05) is 6.92 Å². The van der Waals surface area contributed by atoms with E-state index in [0.717, 1.165) is 6.26 Å². The molecule has 6 heteroatoms. The van der Waals surface area contributed by atoms with E-state index in [0.29, 0.717) is 5.56 Å². The van der Waals surface area contributed by atoms with Crippen molar-refractivity contribution in [2.75, 3.05) is 6.26 Å². The second-order valence-electron chi connectivity index (χ2n) is 3.43. The van der Waals surface area contributed by atoms with E-state index in [4.69, 9.17) is 0 Å². The van der Waals surface area contributed by atoms with Crippen LogP contribution in [0.4, 0.5) is 0 Å². The monoisotopic (exact) mass is 242 g/mol. The first-order chi connectivity index (χ1) is 7.38. The van der Waals surface area contributed by atoms with Gasteiger partial charge < -0.3 is 5.32 Å². The Balaban J connectivity index is 2.92. The van der Waals surface area contributed by atoms with Gasteiger partial charge in [-0.15, -0.1) is 0 Å². The fraction of sp³-hybridized carbons (Fsp3) is 0.300. The third-order valence-corrected chi connectivity index (χ3v) is 2.48. The first kappa shape index (κ1) is 12.7. The fourth-order valence-electron chi connectivity index (χ4n) is 1.24. The van der Waals surface area contributed by atoms with E-state index in [9.17, 15) is 13.2 Å². The molecule has 1 aromatic rings. The molecule has 0 spiro atoms. The van der Waals surface area contributed by atoms with E-state index in [1.807, 2.05) is 6.07 Å². The summed E-state index contributed by atoms with van der Waals surface area (Å²) in [6.45, 7) is 1.33. The average molecular weight is 242 g/mol. The molecule has 1 rings (SSSR count). The topological polar surface area (TPSA) is 75.3 Å². The van der Waals surface area contributed by atoms with Crippen LogP contribution in [0.5, 0.6) is 0 Å². The van der Waals surface area contributed by atoms with Crippen LogP contribution in [0.1, 0.15) is 18.7 Å². The molecule has 2 N–H and O–H groups in total. The van der Waals surface area contributed by atoms with Crippen LogP contribution in [0, 0.1) is 0 Å². The molecule has 0 saturated carbocycles. The summed E-state index contributed by atoms with van der Waals surface area (Å²) in [5.41, 5.74) is 0.683. The predicted molar refractivity (Wildman–Crippen MR) is 61.0 cm³/mol. The Bertz CT molecular complexity index is 456. The number of carbonyl (C=O) groups is 1. The maximum absolute atomic E-state index is 11.1. The highest BCUT2D eigenvalue weighted by Crippen LogP contribution is 2.10. The van der Waals surface area contributed by atoms with E-state index >= 15 is 0 Å². The molecule has 0 saturated heterocycles. The van der Waals surface area contributed by atoms with Crippen molar-refractivity contribution in [3.05, 3.63) is 35.9 Å². The van der Waals surface area contributed by atoms with Gasteiger partial charge >= 0.3 is 0 Å². The lowest BCUT2D eigenvalue weighted by Gasteiger charge is -2.18. The molecule has 0 fully saturated rings. The van der Waals surface area contributed by atoms with Crippen molar-refractivity contribution in [2.24, 2.45) is 0 Å². The van der Waals surface area contributed by atoms with Crippen molar-refractivity contribution in [1.29, 1.82) is 0 Å². The summed E-state index contributed by atoms with van der Waals surface area (Å²) < 4.78 is 24.6. The zero-order valence-electron chi connectivity index (χ0n) is 9.10. The standard InChI is InChI=1S/C10H14N2O3S/c1-8(13)11-10(12-16(2,14)15)9-6-4-3-5-7-9/h3-7,10,12H,1-2H3,(H,11,13). The molecular weight excluding hydrogens is 228 g/mol. The quantitative estimate of drug-likeness (QED) is 0.749. The second-order valence-corrected chi connectivity index (χ2v) is 5.21. The molecule has 0 aromatic heterocycles.